The molecule has 0 spiro atoms. The number of benzene rings is 1. The number of carbonyl (C=O) groups excluding carboxylic acids is 1. The normalized spacial score (nSPS) is 21.6. The number of piperidine rings is 2. The van der Waals surface area contributed by atoms with Crippen molar-refractivity contribution in [3.05, 3.63) is 47.8 Å². The fourth-order valence-electron chi connectivity index (χ4n) is 4.20. The highest BCUT2D eigenvalue weighted by Crippen LogP contribution is 2.36. The number of carbonyl (C=O) groups is 1. The summed E-state index contributed by atoms with van der Waals surface area (Å²) in [5, 5.41) is 7.05. The van der Waals surface area contributed by atoms with Crippen molar-refractivity contribution in [1.29, 1.82) is 0 Å². The van der Waals surface area contributed by atoms with Gasteiger partial charge in [0, 0.05) is 19.6 Å². The second-order valence-corrected chi connectivity index (χ2v) is 9.38. The molecule has 1 unspecified atom stereocenters. The van der Waals surface area contributed by atoms with Crippen LogP contribution in [0.5, 0.6) is 0 Å². The standard InChI is InChI=1S/C20H26N4O3S/c25-20(23-12-6-2-7-13-23)17-15-21-22-19(17)18-11-5-8-14-24(18)28(26,27)16-9-3-1-4-10-16/h1,3-4,9-10,15,18H,2,5-8,11-14H2,(H,21,22). The Labute approximate surface area is 165 Å². The summed E-state index contributed by atoms with van der Waals surface area (Å²) in [6.45, 7) is 1.94. The van der Waals surface area contributed by atoms with E-state index in [1.807, 2.05) is 4.90 Å². The first kappa shape index (κ1) is 19.1. The van der Waals surface area contributed by atoms with Gasteiger partial charge in [0.05, 0.1) is 28.4 Å². The maximum atomic E-state index is 13.3. The number of nitrogens with zero attached hydrogens (tertiary/aromatic N) is 3. The molecule has 0 bridgehead atoms. The molecule has 150 valence electrons. The van der Waals surface area contributed by atoms with Gasteiger partial charge in [0.15, 0.2) is 0 Å². The minimum absolute atomic E-state index is 0.0499. The molecular formula is C20H26N4O3S. The molecule has 0 radical (unpaired) electrons. The largest absolute Gasteiger partial charge is 0.339 e. The SMILES string of the molecule is O=C(c1cn[nH]c1C1CCCCN1S(=O)(=O)c1ccccc1)N1CCCCC1. The van der Waals surface area contributed by atoms with E-state index >= 15 is 0 Å². The Kier molecular flexibility index (Phi) is 5.50. The minimum atomic E-state index is -3.64. The minimum Gasteiger partial charge on any atom is -0.339 e. The Morgan fingerprint density at radius 1 is 1.00 bits per heavy atom. The van der Waals surface area contributed by atoms with E-state index in [9.17, 15) is 13.2 Å². The van der Waals surface area contributed by atoms with Crippen LogP contribution in [0.1, 0.15) is 60.6 Å². The molecule has 0 saturated carbocycles. The average molecular weight is 403 g/mol. The topological polar surface area (TPSA) is 86.4 Å². The summed E-state index contributed by atoms with van der Waals surface area (Å²) in [6.07, 6.45) is 7.12. The Balaban J connectivity index is 1.66. The van der Waals surface area contributed by atoms with Gasteiger partial charge in [-0.3, -0.25) is 9.89 Å². The van der Waals surface area contributed by atoms with Crippen LogP contribution in [0.3, 0.4) is 0 Å². The van der Waals surface area contributed by atoms with E-state index in [1.165, 1.54) is 4.31 Å². The molecule has 2 saturated heterocycles. The number of likely N-dealkylation sites (tertiary alicyclic amines) is 1. The lowest BCUT2D eigenvalue weighted by Gasteiger charge is -2.35. The van der Waals surface area contributed by atoms with Crippen molar-refractivity contribution in [2.24, 2.45) is 0 Å². The summed E-state index contributed by atoms with van der Waals surface area (Å²) >= 11 is 0. The van der Waals surface area contributed by atoms with Gasteiger partial charge in [0.25, 0.3) is 5.91 Å². The van der Waals surface area contributed by atoms with Gasteiger partial charge in [0.2, 0.25) is 10.0 Å². The van der Waals surface area contributed by atoms with Gasteiger partial charge in [0.1, 0.15) is 0 Å². The van der Waals surface area contributed by atoms with Crippen LogP contribution in [-0.4, -0.2) is 53.4 Å². The van der Waals surface area contributed by atoms with E-state index in [0.29, 0.717) is 24.2 Å². The van der Waals surface area contributed by atoms with Gasteiger partial charge in [-0.05, 0) is 44.2 Å². The molecule has 2 aliphatic heterocycles. The second-order valence-electron chi connectivity index (χ2n) is 7.49. The van der Waals surface area contributed by atoms with Gasteiger partial charge in [-0.1, -0.05) is 24.6 Å². The summed E-state index contributed by atoms with van der Waals surface area (Å²) in [5.41, 5.74) is 1.12. The molecule has 4 rings (SSSR count). The average Bonchev–Trinajstić information content (AvgIpc) is 3.24. The number of amides is 1. The fourth-order valence-corrected chi connectivity index (χ4v) is 5.88. The molecule has 1 aromatic carbocycles. The number of nitrogens with one attached hydrogen (secondary N) is 1. The van der Waals surface area contributed by atoms with Crippen molar-refractivity contribution < 1.29 is 13.2 Å². The van der Waals surface area contributed by atoms with Crippen LogP contribution >= 0.6 is 0 Å². The zero-order chi connectivity index (χ0) is 19.6. The number of hydrogen-bond donors (Lipinski definition) is 1. The van der Waals surface area contributed by atoms with E-state index in [4.69, 9.17) is 0 Å². The van der Waals surface area contributed by atoms with Gasteiger partial charge in [-0.2, -0.15) is 9.40 Å². The van der Waals surface area contributed by atoms with Crippen molar-refractivity contribution >= 4 is 15.9 Å². The third-order valence-corrected chi connectivity index (χ3v) is 7.60. The zero-order valence-corrected chi connectivity index (χ0v) is 16.7. The van der Waals surface area contributed by atoms with Crippen LogP contribution in [0, 0.1) is 0 Å². The molecule has 2 aliphatic rings. The Morgan fingerprint density at radius 2 is 1.71 bits per heavy atom. The maximum Gasteiger partial charge on any atom is 0.257 e. The van der Waals surface area contributed by atoms with E-state index in [1.54, 1.807) is 36.5 Å². The van der Waals surface area contributed by atoms with Crippen molar-refractivity contribution in [1.82, 2.24) is 19.4 Å². The summed E-state index contributed by atoms with van der Waals surface area (Å²) in [7, 11) is -3.64. The number of aromatic nitrogens is 2. The first-order chi connectivity index (χ1) is 13.6. The van der Waals surface area contributed by atoms with E-state index in [0.717, 1.165) is 45.2 Å². The summed E-state index contributed by atoms with van der Waals surface area (Å²) in [5.74, 6) is -0.0499. The van der Waals surface area contributed by atoms with E-state index in [-0.39, 0.29) is 10.8 Å². The molecule has 1 N–H and O–H groups in total. The monoisotopic (exact) mass is 402 g/mol. The molecule has 8 heteroatoms. The van der Waals surface area contributed by atoms with Gasteiger partial charge < -0.3 is 4.90 Å². The van der Waals surface area contributed by atoms with Crippen molar-refractivity contribution in [3.63, 3.8) is 0 Å². The molecule has 0 aliphatic carbocycles. The van der Waals surface area contributed by atoms with Gasteiger partial charge in [-0.15, -0.1) is 0 Å². The van der Waals surface area contributed by atoms with Crippen molar-refractivity contribution in [3.8, 4) is 0 Å². The third-order valence-electron chi connectivity index (χ3n) is 5.68. The fraction of sp³-hybridized carbons (Fsp3) is 0.500. The zero-order valence-electron chi connectivity index (χ0n) is 15.9. The molecule has 28 heavy (non-hydrogen) atoms. The highest BCUT2D eigenvalue weighted by Gasteiger charge is 2.37. The molecule has 1 aromatic heterocycles. The number of rotatable bonds is 4. The van der Waals surface area contributed by atoms with Gasteiger partial charge in [-0.25, -0.2) is 8.42 Å². The predicted octanol–water partition coefficient (Wildman–Crippen LogP) is 2.95. The Morgan fingerprint density at radius 3 is 2.46 bits per heavy atom. The van der Waals surface area contributed by atoms with Crippen LogP contribution in [0.2, 0.25) is 0 Å². The molecule has 2 fully saturated rings. The molecule has 2 aromatic rings. The summed E-state index contributed by atoms with van der Waals surface area (Å²) < 4.78 is 28.1. The first-order valence-corrected chi connectivity index (χ1v) is 11.4. The maximum absolute atomic E-state index is 13.3. The first-order valence-electron chi connectivity index (χ1n) is 9.98. The summed E-state index contributed by atoms with van der Waals surface area (Å²) in [4.78, 5) is 15.2. The number of H-pyrrole nitrogens is 1. The molecule has 1 amide bonds. The lowest BCUT2D eigenvalue weighted by atomic mass is 9.98. The highest BCUT2D eigenvalue weighted by molar-refractivity contribution is 7.89. The lowest BCUT2D eigenvalue weighted by molar-refractivity contribution is 0.0720. The molecule has 7 nitrogen and oxygen atoms in total. The van der Waals surface area contributed by atoms with Crippen molar-refractivity contribution in [2.75, 3.05) is 19.6 Å². The predicted molar refractivity (Wildman–Crippen MR) is 105 cm³/mol. The molecule has 3 heterocycles. The lowest BCUT2D eigenvalue weighted by Crippen LogP contribution is -2.40. The molecular weight excluding hydrogens is 376 g/mol. The number of hydrogen-bond acceptors (Lipinski definition) is 4. The number of sulfonamides is 1. The van der Waals surface area contributed by atoms with Crippen LogP contribution in [0.15, 0.2) is 41.4 Å². The quantitative estimate of drug-likeness (QED) is 0.852. The Hall–Kier alpha value is -2.19. The Bertz CT molecular complexity index is 920. The van der Waals surface area contributed by atoms with E-state index < -0.39 is 16.1 Å². The number of aromatic amines is 1. The molecule has 1 atom stereocenters. The second kappa shape index (κ2) is 8.05. The van der Waals surface area contributed by atoms with E-state index in [2.05, 4.69) is 10.2 Å². The van der Waals surface area contributed by atoms with Crippen LogP contribution in [-0.2, 0) is 10.0 Å². The van der Waals surface area contributed by atoms with Crippen LogP contribution in [0.25, 0.3) is 0 Å². The van der Waals surface area contributed by atoms with Gasteiger partial charge >= 0.3 is 0 Å². The van der Waals surface area contributed by atoms with Crippen LogP contribution < -0.4 is 0 Å². The third kappa shape index (κ3) is 3.58. The smallest absolute Gasteiger partial charge is 0.257 e. The highest BCUT2D eigenvalue weighted by atomic mass is 32.2. The van der Waals surface area contributed by atoms with Crippen LogP contribution in [0.4, 0.5) is 0 Å². The van der Waals surface area contributed by atoms with Crippen molar-refractivity contribution in [2.45, 2.75) is 49.5 Å². The summed E-state index contributed by atoms with van der Waals surface area (Å²) in [6, 6.07) is 8.10.